The van der Waals surface area contributed by atoms with Gasteiger partial charge in [-0.1, -0.05) is 28.9 Å². The number of methoxy groups -OCH3 is 1. The Kier molecular flexibility index (Phi) is 4.85. The molecule has 2 aromatic carbocycles. The van der Waals surface area contributed by atoms with Gasteiger partial charge in [-0.3, -0.25) is 4.99 Å². The first-order valence-electron chi connectivity index (χ1n) is 6.47. The van der Waals surface area contributed by atoms with Crippen molar-refractivity contribution in [1.29, 1.82) is 0 Å². The lowest BCUT2D eigenvalue weighted by Gasteiger charge is -2.07. The highest BCUT2D eigenvalue weighted by molar-refractivity contribution is 9.10. The second-order valence-electron chi connectivity index (χ2n) is 4.48. The van der Waals surface area contributed by atoms with Crippen LogP contribution >= 0.6 is 15.9 Å². The van der Waals surface area contributed by atoms with Crippen molar-refractivity contribution in [2.75, 3.05) is 7.11 Å². The van der Waals surface area contributed by atoms with Crippen LogP contribution in [-0.4, -0.2) is 23.5 Å². The predicted molar refractivity (Wildman–Crippen MR) is 87.1 cm³/mol. The summed E-state index contributed by atoms with van der Waals surface area (Å²) in [6, 6.07) is 8.73. The third-order valence-electron chi connectivity index (χ3n) is 3.08. The molecule has 4 nitrogen and oxygen atoms in total. The second-order valence-corrected chi connectivity index (χ2v) is 5.40. The number of ether oxygens (including phenoxy) is 1. The molecule has 0 fully saturated rings. The maximum absolute atomic E-state index is 10.0. The van der Waals surface area contributed by atoms with E-state index < -0.39 is 0 Å². The topological polar surface area (TPSA) is 62.0 Å². The molecule has 0 atom stereocenters. The standard InChI is InChI=1S/C16H16BrNO3/c1-3-10-4-5-13(14(19)6-10)18-9-11-7-12(17)8-15(21-2)16(11)20/h4-9,19-20H,3H2,1-2H3/b18-9+. The Morgan fingerprint density at radius 3 is 2.62 bits per heavy atom. The first-order valence-corrected chi connectivity index (χ1v) is 7.27. The zero-order valence-electron chi connectivity index (χ0n) is 11.8. The van der Waals surface area contributed by atoms with Crippen molar-refractivity contribution < 1.29 is 14.9 Å². The molecule has 110 valence electrons. The molecule has 5 heteroatoms. The van der Waals surface area contributed by atoms with Crippen LogP contribution in [0.4, 0.5) is 5.69 Å². The lowest BCUT2D eigenvalue weighted by atomic mass is 10.1. The summed E-state index contributed by atoms with van der Waals surface area (Å²) in [6.45, 7) is 2.02. The van der Waals surface area contributed by atoms with Crippen LogP contribution < -0.4 is 4.74 Å². The van der Waals surface area contributed by atoms with Gasteiger partial charge in [-0.2, -0.15) is 0 Å². The molecule has 0 unspecified atom stereocenters. The molecule has 0 aliphatic heterocycles. The Morgan fingerprint density at radius 2 is 2.00 bits per heavy atom. The van der Waals surface area contributed by atoms with Crippen LogP contribution in [0.3, 0.4) is 0 Å². The van der Waals surface area contributed by atoms with E-state index in [4.69, 9.17) is 4.74 Å². The molecule has 0 amide bonds. The maximum Gasteiger partial charge on any atom is 0.166 e. The zero-order valence-corrected chi connectivity index (χ0v) is 13.4. The minimum absolute atomic E-state index is 0.00844. The molecule has 21 heavy (non-hydrogen) atoms. The van der Waals surface area contributed by atoms with Crippen molar-refractivity contribution in [2.45, 2.75) is 13.3 Å². The average molecular weight is 350 g/mol. The highest BCUT2D eigenvalue weighted by atomic mass is 79.9. The molecule has 0 radical (unpaired) electrons. The minimum Gasteiger partial charge on any atom is -0.506 e. The highest BCUT2D eigenvalue weighted by Gasteiger charge is 2.08. The zero-order chi connectivity index (χ0) is 15.4. The quantitative estimate of drug-likeness (QED) is 0.813. The van der Waals surface area contributed by atoms with E-state index in [0.29, 0.717) is 17.0 Å². The van der Waals surface area contributed by atoms with Gasteiger partial charge in [0.2, 0.25) is 0 Å². The number of phenols is 2. The second kappa shape index (κ2) is 6.63. The van der Waals surface area contributed by atoms with Crippen LogP contribution in [0.25, 0.3) is 0 Å². The van der Waals surface area contributed by atoms with Crippen LogP contribution in [-0.2, 0) is 6.42 Å². The lowest BCUT2D eigenvalue weighted by Crippen LogP contribution is -1.89. The Labute approximate surface area is 131 Å². The normalized spacial score (nSPS) is 11.0. The van der Waals surface area contributed by atoms with Crippen molar-refractivity contribution in [3.8, 4) is 17.2 Å². The van der Waals surface area contributed by atoms with Gasteiger partial charge < -0.3 is 14.9 Å². The van der Waals surface area contributed by atoms with E-state index in [1.807, 2.05) is 13.0 Å². The third-order valence-corrected chi connectivity index (χ3v) is 3.54. The van der Waals surface area contributed by atoms with Crippen molar-refractivity contribution in [2.24, 2.45) is 4.99 Å². The number of aryl methyl sites for hydroxylation is 1. The number of aromatic hydroxyl groups is 2. The summed E-state index contributed by atoms with van der Waals surface area (Å²) >= 11 is 3.35. The molecular weight excluding hydrogens is 334 g/mol. The first-order chi connectivity index (χ1) is 10.0. The summed E-state index contributed by atoms with van der Waals surface area (Å²) in [4.78, 5) is 4.22. The number of aliphatic imine (C=N–C) groups is 1. The fourth-order valence-corrected chi connectivity index (χ4v) is 2.34. The number of hydrogen-bond acceptors (Lipinski definition) is 4. The summed E-state index contributed by atoms with van der Waals surface area (Å²) in [5, 5.41) is 20.0. The van der Waals surface area contributed by atoms with Gasteiger partial charge in [0, 0.05) is 16.3 Å². The molecule has 0 aromatic heterocycles. The number of nitrogens with zero attached hydrogens (tertiary/aromatic N) is 1. The van der Waals surface area contributed by atoms with Gasteiger partial charge >= 0.3 is 0 Å². The first kappa shape index (κ1) is 15.4. The molecule has 0 aliphatic rings. The van der Waals surface area contributed by atoms with Gasteiger partial charge in [0.05, 0.1) is 7.11 Å². The summed E-state index contributed by atoms with van der Waals surface area (Å²) < 4.78 is 5.85. The van der Waals surface area contributed by atoms with E-state index in [2.05, 4.69) is 20.9 Å². The van der Waals surface area contributed by atoms with E-state index in [9.17, 15) is 10.2 Å². The molecule has 0 saturated carbocycles. The monoisotopic (exact) mass is 349 g/mol. The Balaban J connectivity index is 2.35. The molecule has 0 saturated heterocycles. The summed E-state index contributed by atoms with van der Waals surface area (Å²) in [7, 11) is 1.48. The Morgan fingerprint density at radius 1 is 1.24 bits per heavy atom. The van der Waals surface area contributed by atoms with Gasteiger partial charge in [0.15, 0.2) is 11.5 Å². The van der Waals surface area contributed by atoms with Crippen molar-refractivity contribution in [3.63, 3.8) is 0 Å². The molecule has 0 heterocycles. The number of hydrogen-bond donors (Lipinski definition) is 2. The van der Waals surface area contributed by atoms with Crippen LogP contribution in [0.15, 0.2) is 39.8 Å². The SMILES string of the molecule is CCc1ccc(/N=C/c2cc(Br)cc(OC)c2O)c(O)c1. The predicted octanol–water partition coefficient (Wildman–Crippen LogP) is 4.18. The molecule has 0 spiro atoms. The minimum atomic E-state index is 0.00844. The summed E-state index contributed by atoms with van der Waals surface area (Å²) in [6.07, 6.45) is 2.34. The van der Waals surface area contributed by atoms with Gasteiger partial charge in [-0.15, -0.1) is 0 Å². The molecule has 0 aliphatic carbocycles. The van der Waals surface area contributed by atoms with Crippen LogP contribution in [0.2, 0.25) is 0 Å². The van der Waals surface area contributed by atoms with Gasteiger partial charge in [-0.05, 0) is 36.2 Å². The molecule has 2 rings (SSSR count). The van der Waals surface area contributed by atoms with E-state index in [0.717, 1.165) is 16.5 Å². The van der Waals surface area contributed by atoms with Crippen LogP contribution in [0, 0.1) is 0 Å². The largest absolute Gasteiger partial charge is 0.506 e. The van der Waals surface area contributed by atoms with Crippen molar-refractivity contribution in [3.05, 3.63) is 45.9 Å². The summed E-state index contributed by atoms with van der Waals surface area (Å²) in [5.74, 6) is 0.484. The Bertz CT molecular complexity index is 683. The number of rotatable bonds is 4. The number of phenolic OH excluding ortho intramolecular Hbond substituents is 2. The van der Waals surface area contributed by atoms with Crippen molar-refractivity contribution >= 4 is 27.8 Å². The van der Waals surface area contributed by atoms with Gasteiger partial charge in [0.1, 0.15) is 11.4 Å². The third kappa shape index (κ3) is 3.55. The molecular formula is C16H16BrNO3. The average Bonchev–Trinajstić information content (AvgIpc) is 2.48. The number of halogens is 1. The smallest absolute Gasteiger partial charge is 0.166 e. The van der Waals surface area contributed by atoms with Gasteiger partial charge in [0.25, 0.3) is 0 Å². The highest BCUT2D eigenvalue weighted by Crippen LogP contribution is 2.33. The molecule has 2 N–H and O–H groups in total. The molecule has 2 aromatic rings. The van der Waals surface area contributed by atoms with E-state index in [1.54, 1.807) is 24.3 Å². The fourth-order valence-electron chi connectivity index (χ4n) is 1.89. The van der Waals surface area contributed by atoms with Crippen molar-refractivity contribution in [1.82, 2.24) is 0 Å². The van der Waals surface area contributed by atoms with Gasteiger partial charge in [-0.25, -0.2) is 0 Å². The fraction of sp³-hybridized carbons (Fsp3) is 0.188. The molecule has 0 bridgehead atoms. The van der Waals surface area contributed by atoms with Crippen LogP contribution in [0.1, 0.15) is 18.1 Å². The lowest BCUT2D eigenvalue weighted by molar-refractivity contribution is 0.373. The van der Waals surface area contributed by atoms with E-state index in [1.165, 1.54) is 13.3 Å². The van der Waals surface area contributed by atoms with E-state index >= 15 is 0 Å². The summed E-state index contributed by atoms with van der Waals surface area (Å²) in [5.41, 5.74) is 1.99. The van der Waals surface area contributed by atoms with E-state index in [-0.39, 0.29) is 11.5 Å². The number of benzene rings is 2. The van der Waals surface area contributed by atoms with Crippen LogP contribution in [0.5, 0.6) is 17.2 Å². The maximum atomic E-state index is 10.0. The Hall–Kier alpha value is -2.01.